The van der Waals surface area contributed by atoms with E-state index in [1.165, 1.54) is 0 Å². The van der Waals surface area contributed by atoms with Crippen LogP contribution in [0.15, 0.2) is 36.5 Å². The number of hydrogen-bond acceptors (Lipinski definition) is 4. The Bertz CT molecular complexity index is 627. The first kappa shape index (κ1) is 14.8. The number of methoxy groups -OCH3 is 2. The fraction of sp³-hybridized carbons (Fsp3) is 0.250. The molecule has 0 saturated carbocycles. The van der Waals surface area contributed by atoms with Gasteiger partial charge in [0.05, 0.1) is 14.2 Å². The number of ether oxygens (including phenoxy) is 2. The minimum Gasteiger partial charge on any atom is -0.493 e. The standard InChI is InChI=1S/C16H18N2O3/c1-4-11-9-13(20-2)14(21-3)10-12(11)16(19)18-15-7-5-6-8-17-15/h5-10H,4H2,1-3H3,(H,17,18,19). The molecule has 21 heavy (non-hydrogen) atoms. The molecule has 0 bridgehead atoms. The second kappa shape index (κ2) is 6.74. The molecule has 2 rings (SSSR count). The Morgan fingerprint density at radius 3 is 2.48 bits per heavy atom. The van der Waals surface area contributed by atoms with Gasteiger partial charge < -0.3 is 14.8 Å². The van der Waals surface area contributed by atoms with Crippen molar-refractivity contribution in [3.8, 4) is 11.5 Å². The second-order valence-corrected chi connectivity index (χ2v) is 4.39. The Morgan fingerprint density at radius 1 is 1.19 bits per heavy atom. The number of nitrogens with one attached hydrogen (secondary N) is 1. The van der Waals surface area contributed by atoms with E-state index in [9.17, 15) is 4.79 Å². The summed E-state index contributed by atoms with van der Waals surface area (Å²) in [5, 5.41) is 2.78. The van der Waals surface area contributed by atoms with Crippen molar-refractivity contribution in [2.75, 3.05) is 19.5 Å². The van der Waals surface area contributed by atoms with Crippen molar-refractivity contribution in [3.05, 3.63) is 47.7 Å². The summed E-state index contributed by atoms with van der Waals surface area (Å²) in [5.74, 6) is 1.44. The molecule has 0 aliphatic rings. The number of carbonyl (C=O) groups is 1. The Hall–Kier alpha value is -2.56. The molecule has 1 aromatic carbocycles. The van der Waals surface area contributed by atoms with Gasteiger partial charge in [-0.25, -0.2) is 4.98 Å². The Morgan fingerprint density at radius 2 is 1.90 bits per heavy atom. The largest absolute Gasteiger partial charge is 0.493 e. The van der Waals surface area contributed by atoms with E-state index in [1.54, 1.807) is 38.6 Å². The van der Waals surface area contributed by atoms with Crippen molar-refractivity contribution >= 4 is 11.7 Å². The normalized spacial score (nSPS) is 10.0. The van der Waals surface area contributed by atoms with Gasteiger partial charge in [0, 0.05) is 11.8 Å². The van der Waals surface area contributed by atoms with Gasteiger partial charge in [-0.05, 0) is 36.2 Å². The van der Waals surface area contributed by atoms with E-state index in [4.69, 9.17) is 9.47 Å². The summed E-state index contributed by atoms with van der Waals surface area (Å²) >= 11 is 0. The fourth-order valence-electron chi connectivity index (χ4n) is 2.05. The first-order chi connectivity index (χ1) is 10.2. The monoisotopic (exact) mass is 286 g/mol. The summed E-state index contributed by atoms with van der Waals surface area (Å²) in [7, 11) is 3.12. The average Bonchev–Trinajstić information content (AvgIpc) is 2.54. The first-order valence-corrected chi connectivity index (χ1v) is 6.66. The molecule has 0 saturated heterocycles. The third kappa shape index (κ3) is 3.31. The van der Waals surface area contributed by atoms with Crippen LogP contribution in [0.2, 0.25) is 0 Å². The molecule has 0 aliphatic heterocycles. The maximum absolute atomic E-state index is 12.4. The van der Waals surface area contributed by atoms with Crippen LogP contribution in [0.4, 0.5) is 5.82 Å². The zero-order chi connectivity index (χ0) is 15.2. The number of nitrogens with zero attached hydrogens (tertiary/aromatic N) is 1. The van der Waals surface area contributed by atoms with Gasteiger partial charge in [-0.3, -0.25) is 4.79 Å². The summed E-state index contributed by atoms with van der Waals surface area (Å²) in [4.78, 5) is 16.5. The van der Waals surface area contributed by atoms with Gasteiger partial charge in [-0.2, -0.15) is 0 Å². The summed E-state index contributed by atoms with van der Waals surface area (Å²) in [6.45, 7) is 1.98. The summed E-state index contributed by atoms with van der Waals surface area (Å²) in [5.41, 5.74) is 1.45. The molecule has 0 radical (unpaired) electrons. The lowest BCUT2D eigenvalue weighted by Gasteiger charge is -2.13. The quantitative estimate of drug-likeness (QED) is 0.918. The number of amides is 1. The third-order valence-corrected chi connectivity index (χ3v) is 3.14. The lowest BCUT2D eigenvalue weighted by molar-refractivity contribution is 0.102. The van der Waals surface area contributed by atoms with Crippen LogP contribution in [-0.2, 0) is 6.42 Å². The van der Waals surface area contributed by atoms with E-state index >= 15 is 0 Å². The lowest BCUT2D eigenvalue weighted by Crippen LogP contribution is -2.15. The van der Waals surface area contributed by atoms with Gasteiger partial charge in [0.1, 0.15) is 5.82 Å². The van der Waals surface area contributed by atoms with E-state index in [1.807, 2.05) is 19.1 Å². The number of rotatable bonds is 5. The molecule has 0 aliphatic carbocycles. The molecule has 5 heteroatoms. The molecule has 0 atom stereocenters. The molecule has 1 heterocycles. The van der Waals surface area contributed by atoms with Crippen LogP contribution < -0.4 is 14.8 Å². The predicted octanol–water partition coefficient (Wildman–Crippen LogP) is 2.91. The highest BCUT2D eigenvalue weighted by atomic mass is 16.5. The Labute approximate surface area is 123 Å². The van der Waals surface area contributed by atoms with Crippen LogP contribution in [0.25, 0.3) is 0 Å². The van der Waals surface area contributed by atoms with Crippen LogP contribution in [0.3, 0.4) is 0 Å². The van der Waals surface area contributed by atoms with Gasteiger partial charge >= 0.3 is 0 Å². The lowest BCUT2D eigenvalue weighted by atomic mass is 10.0. The molecular weight excluding hydrogens is 268 g/mol. The summed E-state index contributed by atoms with van der Waals surface area (Å²) < 4.78 is 10.5. The van der Waals surface area contributed by atoms with Crippen LogP contribution in [0.5, 0.6) is 11.5 Å². The number of pyridine rings is 1. The number of carbonyl (C=O) groups excluding carboxylic acids is 1. The van der Waals surface area contributed by atoms with E-state index in [2.05, 4.69) is 10.3 Å². The summed E-state index contributed by atoms with van der Waals surface area (Å²) in [6, 6.07) is 8.87. The minimum atomic E-state index is -0.216. The SMILES string of the molecule is CCc1cc(OC)c(OC)cc1C(=O)Nc1ccccn1. The van der Waals surface area contributed by atoms with Crippen molar-refractivity contribution in [3.63, 3.8) is 0 Å². The molecule has 0 spiro atoms. The fourth-order valence-corrected chi connectivity index (χ4v) is 2.05. The van der Waals surface area contributed by atoms with Crippen molar-refractivity contribution in [1.82, 2.24) is 4.98 Å². The maximum atomic E-state index is 12.4. The number of benzene rings is 1. The second-order valence-electron chi connectivity index (χ2n) is 4.39. The Balaban J connectivity index is 2.35. The van der Waals surface area contributed by atoms with E-state index in [0.29, 0.717) is 29.3 Å². The van der Waals surface area contributed by atoms with Crippen molar-refractivity contribution in [2.45, 2.75) is 13.3 Å². The first-order valence-electron chi connectivity index (χ1n) is 6.66. The molecule has 5 nitrogen and oxygen atoms in total. The number of aromatic nitrogens is 1. The molecule has 1 amide bonds. The number of hydrogen-bond donors (Lipinski definition) is 1. The molecule has 110 valence electrons. The van der Waals surface area contributed by atoms with Crippen LogP contribution in [-0.4, -0.2) is 25.1 Å². The molecule has 1 aromatic heterocycles. The zero-order valence-corrected chi connectivity index (χ0v) is 12.3. The topological polar surface area (TPSA) is 60.5 Å². The number of anilines is 1. The van der Waals surface area contributed by atoms with E-state index in [0.717, 1.165) is 5.56 Å². The van der Waals surface area contributed by atoms with Gasteiger partial charge in [-0.1, -0.05) is 13.0 Å². The zero-order valence-electron chi connectivity index (χ0n) is 12.3. The van der Waals surface area contributed by atoms with Crippen molar-refractivity contribution < 1.29 is 14.3 Å². The Kier molecular flexibility index (Phi) is 4.77. The highest BCUT2D eigenvalue weighted by molar-refractivity contribution is 6.05. The van der Waals surface area contributed by atoms with E-state index < -0.39 is 0 Å². The van der Waals surface area contributed by atoms with Crippen LogP contribution in [0, 0.1) is 0 Å². The molecule has 1 N–H and O–H groups in total. The minimum absolute atomic E-state index is 0.216. The molecule has 0 fully saturated rings. The van der Waals surface area contributed by atoms with Gasteiger partial charge in [-0.15, -0.1) is 0 Å². The predicted molar refractivity (Wildman–Crippen MR) is 81.1 cm³/mol. The molecular formula is C16H18N2O3. The maximum Gasteiger partial charge on any atom is 0.257 e. The van der Waals surface area contributed by atoms with Crippen LogP contribution in [0.1, 0.15) is 22.8 Å². The van der Waals surface area contributed by atoms with Crippen molar-refractivity contribution in [2.24, 2.45) is 0 Å². The van der Waals surface area contributed by atoms with Gasteiger partial charge in [0.15, 0.2) is 11.5 Å². The highest BCUT2D eigenvalue weighted by Crippen LogP contribution is 2.31. The van der Waals surface area contributed by atoms with Gasteiger partial charge in [0.2, 0.25) is 0 Å². The highest BCUT2D eigenvalue weighted by Gasteiger charge is 2.16. The smallest absolute Gasteiger partial charge is 0.257 e. The third-order valence-electron chi connectivity index (χ3n) is 3.14. The van der Waals surface area contributed by atoms with Crippen LogP contribution >= 0.6 is 0 Å². The molecule has 0 unspecified atom stereocenters. The van der Waals surface area contributed by atoms with Gasteiger partial charge in [0.25, 0.3) is 5.91 Å². The van der Waals surface area contributed by atoms with Crippen molar-refractivity contribution in [1.29, 1.82) is 0 Å². The average molecular weight is 286 g/mol. The number of aryl methyl sites for hydroxylation is 1. The van der Waals surface area contributed by atoms with E-state index in [-0.39, 0.29) is 5.91 Å². The molecule has 2 aromatic rings. The summed E-state index contributed by atoms with van der Waals surface area (Å²) in [6.07, 6.45) is 2.34.